The minimum absolute atomic E-state index is 0.175. The highest BCUT2D eigenvalue weighted by Gasteiger charge is 2.18. The maximum Gasteiger partial charge on any atom is 0.232 e. The molecule has 0 fully saturated rings. The highest BCUT2D eigenvalue weighted by molar-refractivity contribution is 6.29. The number of aryl methyl sites for hydroxylation is 1. The molecule has 1 N–H and O–H groups in total. The number of hydrogen-bond donors (Lipinski definition) is 1. The van der Waals surface area contributed by atoms with E-state index in [9.17, 15) is 4.79 Å². The predicted octanol–water partition coefficient (Wildman–Crippen LogP) is 3.38. The maximum atomic E-state index is 12.4. The molecule has 0 bridgehead atoms. The molecule has 0 aromatic carbocycles. The van der Waals surface area contributed by atoms with Crippen LogP contribution in [-0.2, 0) is 11.2 Å². The normalized spacial score (nSPS) is 12.8. The van der Waals surface area contributed by atoms with Gasteiger partial charge < -0.3 is 0 Å². The van der Waals surface area contributed by atoms with Crippen LogP contribution in [0.15, 0.2) is 48.6 Å². The second-order valence-electron chi connectivity index (χ2n) is 5.69. The van der Waals surface area contributed by atoms with Gasteiger partial charge in [0, 0.05) is 11.4 Å². The lowest BCUT2D eigenvalue weighted by Crippen LogP contribution is -2.18. The van der Waals surface area contributed by atoms with Crippen molar-refractivity contribution in [2.24, 2.45) is 0 Å². The van der Waals surface area contributed by atoms with Crippen LogP contribution in [0.25, 0.3) is 16.9 Å². The lowest BCUT2D eigenvalue weighted by atomic mass is 10.2. The number of nitrogens with zero attached hydrogens (tertiary/aromatic N) is 4. The first-order chi connectivity index (χ1) is 12.1. The van der Waals surface area contributed by atoms with Crippen LogP contribution in [0, 0.1) is 6.92 Å². The van der Waals surface area contributed by atoms with E-state index in [2.05, 4.69) is 20.3 Å². The van der Waals surface area contributed by atoms with Crippen molar-refractivity contribution in [1.29, 1.82) is 0 Å². The molecule has 1 aliphatic carbocycles. The summed E-state index contributed by atoms with van der Waals surface area (Å²) in [6.07, 6.45) is 5.92. The minimum Gasteiger partial charge on any atom is -0.295 e. The second-order valence-corrected chi connectivity index (χ2v) is 6.08. The van der Waals surface area contributed by atoms with E-state index in [1.807, 2.05) is 43.4 Å². The number of carbonyl (C=O) groups excluding carboxylic acids is 1. The molecular weight excluding hydrogens is 338 g/mol. The summed E-state index contributed by atoms with van der Waals surface area (Å²) in [5, 5.41) is 3.23. The van der Waals surface area contributed by atoms with Gasteiger partial charge in [0.25, 0.3) is 0 Å². The number of nitrogens with one attached hydrogen (secondary N) is 1. The summed E-state index contributed by atoms with van der Waals surface area (Å²) < 4.78 is 1.78. The number of imidazole rings is 1. The van der Waals surface area contributed by atoms with Gasteiger partial charge in [0.05, 0.1) is 12.1 Å². The van der Waals surface area contributed by atoms with E-state index in [1.165, 1.54) is 0 Å². The van der Waals surface area contributed by atoms with Gasteiger partial charge in [-0.2, -0.15) is 0 Å². The van der Waals surface area contributed by atoms with Gasteiger partial charge in [-0.25, -0.2) is 9.97 Å². The van der Waals surface area contributed by atoms with Gasteiger partial charge in [-0.05, 0) is 43.3 Å². The van der Waals surface area contributed by atoms with Crippen LogP contribution in [0.1, 0.15) is 11.4 Å². The van der Waals surface area contributed by atoms with Crippen molar-refractivity contribution in [3.63, 3.8) is 0 Å². The van der Waals surface area contributed by atoms with Crippen molar-refractivity contribution in [3.8, 4) is 0 Å². The quantitative estimate of drug-likeness (QED) is 0.731. The largest absolute Gasteiger partial charge is 0.295 e. The van der Waals surface area contributed by atoms with Crippen molar-refractivity contribution in [2.75, 3.05) is 5.32 Å². The Morgan fingerprint density at radius 3 is 2.76 bits per heavy atom. The third-order valence-electron chi connectivity index (χ3n) is 3.80. The van der Waals surface area contributed by atoms with Gasteiger partial charge in [-0.15, -0.1) is 0 Å². The third-order valence-corrected chi connectivity index (χ3v) is 4.01. The first-order valence-electron chi connectivity index (χ1n) is 7.76. The van der Waals surface area contributed by atoms with Crippen LogP contribution in [0.3, 0.4) is 0 Å². The summed E-state index contributed by atoms with van der Waals surface area (Å²) in [6.45, 7) is 1.89. The Labute approximate surface area is 148 Å². The van der Waals surface area contributed by atoms with Crippen LogP contribution in [0.2, 0.25) is 5.15 Å². The van der Waals surface area contributed by atoms with Crippen molar-refractivity contribution in [2.45, 2.75) is 13.3 Å². The molecule has 1 amide bonds. The maximum absolute atomic E-state index is 12.4. The predicted molar refractivity (Wildman–Crippen MR) is 97.3 cm³/mol. The zero-order valence-electron chi connectivity index (χ0n) is 13.4. The molecule has 0 radical (unpaired) electrons. The molecule has 4 rings (SSSR count). The highest BCUT2D eigenvalue weighted by atomic mass is 35.5. The summed E-state index contributed by atoms with van der Waals surface area (Å²) in [5.41, 5.74) is 3.74. The molecular formula is C18H14ClN5O. The van der Waals surface area contributed by atoms with E-state index in [0.29, 0.717) is 28.0 Å². The minimum atomic E-state index is -0.190. The fraction of sp³-hybridized carbons (Fsp3) is 0.111. The van der Waals surface area contributed by atoms with Crippen molar-refractivity contribution < 1.29 is 4.79 Å². The van der Waals surface area contributed by atoms with Gasteiger partial charge in [-0.3, -0.25) is 19.7 Å². The van der Waals surface area contributed by atoms with E-state index in [1.54, 1.807) is 16.7 Å². The van der Waals surface area contributed by atoms with Gasteiger partial charge in [0.15, 0.2) is 5.65 Å². The molecule has 1 aliphatic rings. The lowest BCUT2D eigenvalue weighted by molar-refractivity contribution is -0.115. The number of carbonyl (C=O) groups is 1. The van der Waals surface area contributed by atoms with Crippen LogP contribution >= 0.6 is 11.6 Å². The van der Waals surface area contributed by atoms with E-state index in [-0.39, 0.29) is 12.3 Å². The topological polar surface area (TPSA) is 72.7 Å². The molecule has 3 aromatic heterocycles. The molecule has 6 nitrogen and oxygen atoms in total. The van der Waals surface area contributed by atoms with E-state index in [4.69, 9.17) is 11.6 Å². The molecule has 0 unspecified atom stereocenters. The van der Waals surface area contributed by atoms with Crippen LogP contribution in [0.5, 0.6) is 0 Å². The number of fused-ring (bicyclic) bond motifs is 1. The van der Waals surface area contributed by atoms with Crippen LogP contribution in [0.4, 0.5) is 5.95 Å². The fourth-order valence-corrected chi connectivity index (χ4v) is 2.77. The van der Waals surface area contributed by atoms with E-state index in [0.717, 1.165) is 11.4 Å². The molecule has 0 spiro atoms. The van der Waals surface area contributed by atoms with Crippen LogP contribution in [-0.4, -0.2) is 25.4 Å². The van der Waals surface area contributed by atoms with Gasteiger partial charge in [0.2, 0.25) is 11.9 Å². The first-order valence-corrected chi connectivity index (χ1v) is 8.14. The number of pyridine rings is 2. The van der Waals surface area contributed by atoms with Crippen LogP contribution < -0.4 is 5.32 Å². The molecule has 3 aromatic rings. The highest BCUT2D eigenvalue weighted by Crippen LogP contribution is 2.27. The molecule has 124 valence electrons. The molecule has 0 atom stereocenters. The third kappa shape index (κ3) is 3.04. The zero-order valence-corrected chi connectivity index (χ0v) is 14.2. The molecule has 25 heavy (non-hydrogen) atoms. The summed E-state index contributed by atoms with van der Waals surface area (Å²) in [6, 6.07) is 9.06. The fourth-order valence-electron chi connectivity index (χ4n) is 2.63. The van der Waals surface area contributed by atoms with E-state index < -0.39 is 0 Å². The molecule has 0 saturated heterocycles. The average Bonchev–Trinajstić information content (AvgIpc) is 2.83. The number of halogens is 1. The summed E-state index contributed by atoms with van der Waals surface area (Å²) >= 11 is 6.01. The lowest BCUT2D eigenvalue weighted by Gasteiger charge is -2.13. The van der Waals surface area contributed by atoms with Gasteiger partial charge in [0.1, 0.15) is 10.7 Å². The Kier molecular flexibility index (Phi) is 3.82. The Morgan fingerprint density at radius 2 is 2.04 bits per heavy atom. The number of amides is 1. The number of aromatic nitrogens is 4. The smallest absolute Gasteiger partial charge is 0.232 e. The van der Waals surface area contributed by atoms with Crippen molar-refractivity contribution >= 4 is 40.3 Å². The Bertz CT molecular complexity index is 1050. The number of anilines is 1. The second kappa shape index (κ2) is 6.14. The van der Waals surface area contributed by atoms with Gasteiger partial charge >= 0.3 is 0 Å². The Balaban J connectivity index is 1.65. The summed E-state index contributed by atoms with van der Waals surface area (Å²) in [4.78, 5) is 25.6. The number of allylic oxidation sites excluding steroid dienone is 4. The van der Waals surface area contributed by atoms with Crippen molar-refractivity contribution in [1.82, 2.24) is 19.5 Å². The zero-order chi connectivity index (χ0) is 17.4. The molecule has 0 saturated carbocycles. The Morgan fingerprint density at radius 1 is 1.20 bits per heavy atom. The first kappa shape index (κ1) is 15.5. The van der Waals surface area contributed by atoms with E-state index >= 15 is 0 Å². The average molecular weight is 352 g/mol. The van der Waals surface area contributed by atoms with Crippen molar-refractivity contribution in [3.05, 3.63) is 65.1 Å². The number of rotatable bonds is 4. The summed E-state index contributed by atoms with van der Waals surface area (Å²) in [5.74, 6) is 0.225. The molecule has 7 heteroatoms. The number of hydrogen-bond acceptors (Lipinski definition) is 4. The molecule has 0 aliphatic heterocycles. The van der Waals surface area contributed by atoms with Gasteiger partial charge in [-0.1, -0.05) is 23.7 Å². The molecule has 3 heterocycles. The SMILES string of the molecule is Cc1cccc(CC(=O)Nc2nc3ccc(Cl)nc3n2C2=CC=C2)n1. The Hall–Kier alpha value is -2.99. The standard InChI is InChI=1S/C18H14ClN5O/c1-11-4-2-5-12(20-11)10-16(25)23-18-21-14-8-9-15(19)22-17(14)24(18)13-6-3-7-13/h2-9H,10H2,1H3,(H,21,23,25). The monoisotopic (exact) mass is 351 g/mol. The summed E-state index contributed by atoms with van der Waals surface area (Å²) in [7, 11) is 0.